The van der Waals surface area contributed by atoms with E-state index < -0.39 is 17.6 Å². The second-order valence-corrected chi connectivity index (χ2v) is 8.34. The fourth-order valence-electron chi connectivity index (χ4n) is 4.84. The Morgan fingerprint density at radius 1 is 1.06 bits per heavy atom. The highest BCUT2D eigenvalue weighted by Gasteiger charge is 2.72. The molecule has 3 unspecified atom stereocenters. The Kier molecular flexibility index (Phi) is 6.05. The van der Waals surface area contributed by atoms with E-state index in [1.807, 2.05) is 48.5 Å². The summed E-state index contributed by atoms with van der Waals surface area (Å²) in [5.41, 5.74) is 1.30. The number of rotatable bonds is 8. The maximum absolute atomic E-state index is 13.3. The molecule has 164 valence electrons. The highest BCUT2D eigenvalue weighted by Crippen LogP contribution is 2.55. The van der Waals surface area contributed by atoms with Crippen LogP contribution in [0.3, 0.4) is 0 Å². The highest BCUT2D eigenvalue weighted by molar-refractivity contribution is 5.73. The van der Waals surface area contributed by atoms with Crippen molar-refractivity contribution in [3.05, 3.63) is 83.6 Å². The number of fused-ring (bicyclic) bond motifs is 1. The molecular formula is C26H31NO4. The first-order valence-corrected chi connectivity index (χ1v) is 11.1. The normalized spacial score (nSPS) is 26.0. The molecule has 1 saturated heterocycles. The molecule has 4 rings (SSSR count). The summed E-state index contributed by atoms with van der Waals surface area (Å²) in [7, 11) is 1.56. The second kappa shape index (κ2) is 8.75. The van der Waals surface area contributed by atoms with Crippen LogP contribution >= 0.6 is 0 Å². The zero-order chi connectivity index (χ0) is 21.9. The van der Waals surface area contributed by atoms with Gasteiger partial charge >= 0.3 is 12.1 Å². The standard InChI is InChI=1S/C26H31NO4/c1-4-5-16-23-17-18-25(20(2)22-14-10-7-11-15-22)26(29-3,30-23)31-24(28)27(25)19-21-12-8-6-9-13-21/h6-15,17,20H,4-5,16,18-19H2,1-3H3. The van der Waals surface area contributed by atoms with E-state index in [1.54, 1.807) is 12.0 Å². The summed E-state index contributed by atoms with van der Waals surface area (Å²) in [5.74, 6) is -0.756. The number of nitrogens with zero attached hydrogens (tertiary/aromatic N) is 1. The molecule has 0 aromatic heterocycles. The van der Waals surface area contributed by atoms with Crippen molar-refractivity contribution in [3.63, 3.8) is 0 Å². The molecule has 0 aliphatic carbocycles. The van der Waals surface area contributed by atoms with E-state index >= 15 is 0 Å². The number of hydrogen-bond acceptors (Lipinski definition) is 4. The number of benzene rings is 2. The Labute approximate surface area is 184 Å². The number of carbonyl (C=O) groups is 1. The number of methoxy groups -OCH3 is 1. The average molecular weight is 422 g/mol. The van der Waals surface area contributed by atoms with E-state index in [2.05, 4.69) is 32.1 Å². The van der Waals surface area contributed by atoms with E-state index in [0.717, 1.165) is 36.1 Å². The van der Waals surface area contributed by atoms with Crippen LogP contribution in [0.4, 0.5) is 4.79 Å². The van der Waals surface area contributed by atoms with Gasteiger partial charge in [-0.25, -0.2) is 4.79 Å². The third-order valence-corrected chi connectivity index (χ3v) is 6.61. The molecule has 2 aliphatic heterocycles. The molecule has 3 atom stereocenters. The lowest BCUT2D eigenvalue weighted by Crippen LogP contribution is -2.64. The number of amides is 1. The largest absolute Gasteiger partial charge is 0.433 e. The van der Waals surface area contributed by atoms with E-state index in [4.69, 9.17) is 14.2 Å². The monoisotopic (exact) mass is 421 g/mol. The van der Waals surface area contributed by atoms with Gasteiger partial charge in [0.25, 0.3) is 0 Å². The van der Waals surface area contributed by atoms with Crippen molar-refractivity contribution in [3.8, 4) is 0 Å². The Morgan fingerprint density at radius 2 is 1.74 bits per heavy atom. The molecule has 1 amide bonds. The van der Waals surface area contributed by atoms with Crippen molar-refractivity contribution in [2.24, 2.45) is 0 Å². The van der Waals surface area contributed by atoms with Crippen molar-refractivity contribution in [2.75, 3.05) is 7.11 Å². The summed E-state index contributed by atoms with van der Waals surface area (Å²) in [6.45, 7) is 4.69. The molecule has 5 nitrogen and oxygen atoms in total. The predicted octanol–water partition coefficient (Wildman–Crippen LogP) is 5.98. The minimum Gasteiger partial charge on any atom is -0.433 e. The summed E-state index contributed by atoms with van der Waals surface area (Å²) in [6, 6.07) is 20.2. The lowest BCUT2D eigenvalue weighted by Gasteiger charge is -2.49. The summed E-state index contributed by atoms with van der Waals surface area (Å²) in [5, 5.41) is 0. The van der Waals surface area contributed by atoms with Crippen LogP contribution in [-0.2, 0) is 20.8 Å². The van der Waals surface area contributed by atoms with Crippen LogP contribution in [0.2, 0.25) is 0 Å². The Bertz CT molecular complexity index is 929. The number of hydrogen-bond donors (Lipinski definition) is 0. The van der Waals surface area contributed by atoms with Crippen LogP contribution in [0.5, 0.6) is 0 Å². The van der Waals surface area contributed by atoms with Gasteiger partial charge in [0.15, 0.2) is 5.54 Å². The Hall–Kier alpha value is -2.79. The molecule has 2 aliphatic rings. The maximum atomic E-state index is 13.3. The van der Waals surface area contributed by atoms with Gasteiger partial charge in [-0.2, -0.15) is 0 Å². The Balaban J connectivity index is 1.81. The number of ether oxygens (including phenoxy) is 3. The number of allylic oxidation sites excluding steroid dienone is 1. The maximum Gasteiger partial charge on any atom is 0.416 e. The summed E-state index contributed by atoms with van der Waals surface area (Å²) < 4.78 is 18.3. The minimum absolute atomic E-state index is 0.0900. The topological polar surface area (TPSA) is 48.0 Å². The van der Waals surface area contributed by atoms with Crippen LogP contribution < -0.4 is 0 Å². The van der Waals surface area contributed by atoms with E-state index in [0.29, 0.717) is 13.0 Å². The molecule has 0 radical (unpaired) electrons. The van der Waals surface area contributed by atoms with Gasteiger partial charge in [0.1, 0.15) is 0 Å². The molecule has 0 bridgehead atoms. The quantitative estimate of drug-likeness (QED) is 0.526. The third kappa shape index (κ3) is 3.61. The summed E-state index contributed by atoms with van der Waals surface area (Å²) in [6.07, 6.45) is 5.16. The van der Waals surface area contributed by atoms with Gasteiger partial charge in [-0.1, -0.05) is 80.9 Å². The highest BCUT2D eigenvalue weighted by atomic mass is 16.9. The molecule has 2 aromatic rings. The first kappa shape index (κ1) is 21.4. The number of carbonyl (C=O) groups excluding carboxylic acids is 1. The van der Waals surface area contributed by atoms with Gasteiger partial charge in [-0.15, -0.1) is 0 Å². The van der Waals surface area contributed by atoms with Crippen LogP contribution in [-0.4, -0.2) is 29.6 Å². The molecule has 2 aromatic carbocycles. The molecule has 0 saturated carbocycles. The average Bonchev–Trinajstić information content (AvgIpc) is 3.06. The van der Waals surface area contributed by atoms with Gasteiger partial charge in [0, 0.05) is 25.9 Å². The predicted molar refractivity (Wildman–Crippen MR) is 119 cm³/mol. The summed E-state index contributed by atoms with van der Waals surface area (Å²) in [4.78, 5) is 15.1. The number of unbranched alkanes of at least 4 members (excludes halogenated alkanes) is 1. The molecule has 2 heterocycles. The van der Waals surface area contributed by atoms with Crippen LogP contribution in [0.1, 0.15) is 56.6 Å². The van der Waals surface area contributed by atoms with Gasteiger partial charge in [-0.3, -0.25) is 4.90 Å². The summed E-state index contributed by atoms with van der Waals surface area (Å²) >= 11 is 0. The molecule has 0 spiro atoms. The van der Waals surface area contributed by atoms with E-state index in [9.17, 15) is 4.79 Å². The lowest BCUT2D eigenvalue weighted by atomic mass is 9.73. The second-order valence-electron chi connectivity index (χ2n) is 8.34. The zero-order valence-corrected chi connectivity index (χ0v) is 18.5. The van der Waals surface area contributed by atoms with Gasteiger partial charge in [0.2, 0.25) is 0 Å². The van der Waals surface area contributed by atoms with E-state index in [1.165, 1.54) is 0 Å². The third-order valence-electron chi connectivity index (χ3n) is 6.61. The Morgan fingerprint density at radius 3 is 2.39 bits per heavy atom. The van der Waals surface area contributed by atoms with Crippen molar-refractivity contribution in [1.82, 2.24) is 4.90 Å². The van der Waals surface area contributed by atoms with Gasteiger partial charge < -0.3 is 14.2 Å². The first-order chi connectivity index (χ1) is 15.1. The fraction of sp³-hybridized carbons (Fsp3) is 0.423. The lowest BCUT2D eigenvalue weighted by molar-refractivity contribution is -0.361. The van der Waals surface area contributed by atoms with Crippen molar-refractivity contribution in [1.29, 1.82) is 0 Å². The van der Waals surface area contributed by atoms with Crippen LogP contribution in [0, 0.1) is 0 Å². The molecule has 31 heavy (non-hydrogen) atoms. The first-order valence-electron chi connectivity index (χ1n) is 11.1. The SMILES string of the molecule is CCCCC1=CCC2(C(C)c3ccccc3)N(Cc3ccccc3)C(=O)OC2(OC)O1. The van der Waals surface area contributed by atoms with E-state index in [-0.39, 0.29) is 5.92 Å². The minimum atomic E-state index is -1.49. The van der Waals surface area contributed by atoms with Gasteiger partial charge in [-0.05, 0) is 23.6 Å². The van der Waals surface area contributed by atoms with Crippen LogP contribution in [0.15, 0.2) is 72.5 Å². The molecule has 1 fully saturated rings. The smallest absolute Gasteiger partial charge is 0.416 e. The van der Waals surface area contributed by atoms with Gasteiger partial charge in [0.05, 0.1) is 12.3 Å². The van der Waals surface area contributed by atoms with Crippen molar-refractivity contribution >= 4 is 6.09 Å². The zero-order valence-electron chi connectivity index (χ0n) is 18.5. The van der Waals surface area contributed by atoms with Crippen molar-refractivity contribution in [2.45, 2.75) is 63.5 Å². The molecule has 0 N–H and O–H groups in total. The molecular weight excluding hydrogens is 390 g/mol. The fourth-order valence-corrected chi connectivity index (χ4v) is 4.84. The van der Waals surface area contributed by atoms with Crippen molar-refractivity contribution < 1.29 is 19.0 Å². The van der Waals surface area contributed by atoms with Crippen LogP contribution in [0.25, 0.3) is 0 Å². The molecule has 5 heteroatoms.